The Hall–Kier alpha value is -2.58. The Kier molecular flexibility index (Phi) is 4.34. The summed E-state index contributed by atoms with van der Waals surface area (Å²) in [6.45, 7) is 0.672. The van der Waals surface area contributed by atoms with Gasteiger partial charge in [-0.1, -0.05) is 0 Å². The van der Waals surface area contributed by atoms with Crippen LogP contribution in [0.3, 0.4) is 0 Å². The maximum atomic E-state index is 12.7. The van der Waals surface area contributed by atoms with Crippen molar-refractivity contribution in [3.8, 4) is 11.1 Å². The van der Waals surface area contributed by atoms with Gasteiger partial charge in [-0.2, -0.15) is 0 Å². The van der Waals surface area contributed by atoms with Gasteiger partial charge in [-0.3, -0.25) is 4.79 Å². The third-order valence-electron chi connectivity index (χ3n) is 6.61. The van der Waals surface area contributed by atoms with Gasteiger partial charge in [0.1, 0.15) is 5.52 Å². The summed E-state index contributed by atoms with van der Waals surface area (Å²) in [5.41, 5.74) is 10.4. The SMILES string of the molecule is Cn1cc2c3c(c[nH]c3c1=O)CN([C@H]1CC[C@H](N)CC1)c1ccc(S(C)(=O)=O)cc1-2. The topological polar surface area (TPSA) is 101 Å². The third kappa shape index (κ3) is 2.97. The molecule has 30 heavy (non-hydrogen) atoms. The van der Waals surface area contributed by atoms with Gasteiger partial charge in [-0.25, -0.2) is 8.42 Å². The summed E-state index contributed by atoms with van der Waals surface area (Å²) in [6.07, 6.45) is 8.93. The van der Waals surface area contributed by atoms with Crippen LogP contribution in [0.1, 0.15) is 31.2 Å². The minimum Gasteiger partial charge on any atom is -0.364 e. The number of nitrogens with zero attached hydrogens (tertiary/aromatic N) is 2. The van der Waals surface area contributed by atoms with Crippen LogP contribution in [0.5, 0.6) is 0 Å². The lowest BCUT2D eigenvalue weighted by molar-refractivity contribution is 0.375. The number of nitrogens with two attached hydrogens (primary N) is 1. The van der Waals surface area contributed by atoms with Crippen LogP contribution in [-0.2, 0) is 23.4 Å². The maximum Gasteiger partial charge on any atom is 0.274 e. The van der Waals surface area contributed by atoms with E-state index < -0.39 is 9.84 Å². The van der Waals surface area contributed by atoms with Gasteiger partial charge in [0.15, 0.2) is 9.84 Å². The molecule has 0 bridgehead atoms. The molecule has 3 heterocycles. The van der Waals surface area contributed by atoms with Crippen molar-refractivity contribution in [2.75, 3.05) is 11.2 Å². The molecule has 3 N–H and O–H groups in total. The fraction of sp³-hybridized carbons (Fsp3) is 0.409. The molecule has 0 amide bonds. The molecule has 0 saturated heterocycles. The molecule has 158 valence electrons. The zero-order chi connectivity index (χ0) is 21.2. The van der Waals surface area contributed by atoms with Crippen LogP contribution in [-0.4, -0.2) is 36.3 Å². The van der Waals surface area contributed by atoms with Gasteiger partial charge in [0.2, 0.25) is 0 Å². The molecular weight excluding hydrogens is 400 g/mol. The summed E-state index contributed by atoms with van der Waals surface area (Å²) in [5.74, 6) is 0. The Morgan fingerprint density at radius 2 is 1.87 bits per heavy atom. The highest BCUT2D eigenvalue weighted by Crippen LogP contribution is 2.43. The number of sulfone groups is 1. The zero-order valence-electron chi connectivity index (χ0n) is 17.2. The lowest BCUT2D eigenvalue weighted by Crippen LogP contribution is -2.40. The number of aryl methyl sites for hydroxylation is 1. The van der Waals surface area contributed by atoms with Gasteiger partial charge in [-0.15, -0.1) is 0 Å². The minimum absolute atomic E-state index is 0.0853. The first kappa shape index (κ1) is 19.4. The second kappa shape index (κ2) is 6.72. The van der Waals surface area contributed by atoms with Crippen molar-refractivity contribution in [2.45, 2.75) is 49.2 Å². The van der Waals surface area contributed by atoms with Gasteiger partial charge in [0.05, 0.1) is 4.90 Å². The molecule has 2 aromatic heterocycles. The molecule has 0 spiro atoms. The highest BCUT2D eigenvalue weighted by Gasteiger charge is 2.31. The molecule has 0 radical (unpaired) electrons. The molecule has 8 heteroatoms. The van der Waals surface area contributed by atoms with E-state index in [0.717, 1.165) is 53.4 Å². The van der Waals surface area contributed by atoms with E-state index in [0.29, 0.717) is 18.1 Å². The summed E-state index contributed by atoms with van der Waals surface area (Å²) < 4.78 is 26.1. The zero-order valence-corrected chi connectivity index (χ0v) is 18.0. The van der Waals surface area contributed by atoms with Crippen molar-refractivity contribution in [1.82, 2.24) is 9.55 Å². The van der Waals surface area contributed by atoms with Gasteiger partial charge in [0.25, 0.3) is 5.56 Å². The van der Waals surface area contributed by atoms with Crippen LogP contribution in [0.15, 0.2) is 40.3 Å². The molecule has 1 fully saturated rings. The second-order valence-electron chi connectivity index (χ2n) is 8.67. The number of rotatable bonds is 2. The molecular formula is C22H26N4O3S. The average molecular weight is 427 g/mol. The first-order chi connectivity index (χ1) is 14.2. The van der Waals surface area contributed by atoms with Crippen molar-refractivity contribution in [2.24, 2.45) is 12.8 Å². The third-order valence-corrected chi connectivity index (χ3v) is 7.72. The summed E-state index contributed by atoms with van der Waals surface area (Å²) in [5, 5.41) is 0.889. The fourth-order valence-electron chi connectivity index (χ4n) is 4.98. The van der Waals surface area contributed by atoms with Crippen LogP contribution in [0.4, 0.5) is 5.69 Å². The van der Waals surface area contributed by atoms with Crippen LogP contribution >= 0.6 is 0 Å². The van der Waals surface area contributed by atoms with E-state index in [2.05, 4.69) is 9.88 Å². The summed E-state index contributed by atoms with van der Waals surface area (Å²) in [6, 6.07) is 5.95. The van der Waals surface area contributed by atoms with E-state index in [4.69, 9.17) is 5.73 Å². The highest BCUT2D eigenvalue weighted by atomic mass is 32.2. The summed E-state index contributed by atoms with van der Waals surface area (Å²) in [7, 11) is -1.63. The number of benzene rings is 1. The van der Waals surface area contributed by atoms with Crippen molar-refractivity contribution in [1.29, 1.82) is 0 Å². The predicted octanol–water partition coefficient (Wildman–Crippen LogP) is 2.53. The fourth-order valence-corrected chi connectivity index (χ4v) is 5.63. The van der Waals surface area contributed by atoms with Gasteiger partial charge >= 0.3 is 0 Å². The van der Waals surface area contributed by atoms with Crippen molar-refractivity contribution in [3.05, 3.63) is 46.5 Å². The smallest absolute Gasteiger partial charge is 0.274 e. The first-order valence-electron chi connectivity index (χ1n) is 10.3. The number of pyridine rings is 1. The number of fused-ring (bicyclic) bond motifs is 2. The molecule has 0 atom stereocenters. The number of anilines is 1. The van der Waals surface area contributed by atoms with E-state index in [-0.39, 0.29) is 16.5 Å². The molecule has 3 aromatic rings. The molecule has 2 aliphatic rings. The van der Waals surface area contributed by atoms with E-state index >= 15 is 0 Å². The Morgan fingerprint density at radius 3 is 2.57 bits per heavy atom. The number of nitrogens with one attached hydrogen (secondary N) is 1. The largest absolute Gasteiger partial charge is 0.364 e. The van der Waals surface area contributed by atoms with Gasteiger partial charge < -0.3 is 20.2 Å². The van der Waals surface area contributed by atoms with Crippen molar-refractivity contribution >= 4 is 26.4 Å². The molecule has 5 rings (SSSR count). The quantitative estimate of drug-likeness (QED) is 0.656. The molecule has 1 aliphatic carbocycles. The Balaban J connectivity index is 1.79. The van der Waals surface area contributed by atoms with Crippen LogP contribution in [0, 0.1) is 0 Å². The lowest BCUT2D eigenvalue weighted by atomic mass is 9.90. The molecule has 1 aromatic carbocycles. The molecule has 0 unspecified atom stereocenters. The molecule has 1 aliphatic heterocycles. The normalized spacial score (nSPS) is 21.5. The van der Waals surface area contributed by atoms with Crippen molar-refractivity contribution in [3.63, 3.8) is 0 Å². The number of aromatic nitrogens is 2. The average Bonchev–Trinajstić information content (AvgIpc) is 3.07. The standard InChI is InChI=1S/C22H26N4O3S/c1-25-12-18-17-9-16(30(2,28)29)7-8-19(17)26(15-5-3-14(23)4-6-15)11-13-10-24-21(20(13)18)22(25)27/h7-10,12,14-15,24H,3-6,11,23H2,1-2H3/t14-,15-. The number of aromatic amines is 1. The van der Waals surface area contributed by atoms with Crippen LogP contribution < -0.4 is 16.2 Å². The maximum absolute atomic E-state index is 12.7. The number of hydrogen-bond donors (Lipinski definition) is 2. The first-order valence-corrected chi connectivity index (χ1v) is 12.2. The Morgan fingerprint density at radius 1 is 1.13 bits per heavy atom. The summed E-state index contributed by atoms with van der Waals surface area (Å²) in [4.78, 5) is 18.5. The minimum atomic E-state index is -3.36. The Labute approximate surface area is 175 Å². The number of H-pyrrole nitrogens is 1. The monoisotopic (exact) mass is 426 g/mol. The van der Waals surface area contributed by atoms with E-state index in [1.54, 1.807) is 23.7 Å². The molecule has 1 saturated carbocycles. The number of hydrogen-bond acceptors (Lipinski definition) is 5. The second-order valence-corrected chi connectivity index (χ2v) is 10.7. The molecule has 7 nitrogen and oxygen atoms in total. The van der Waals surface area contributed by atoms with Crippen LogP contribution in [0.2, 0.25) is 0 Å². The Bertz CT molecular complexity index is 1310. The summed E-state index contributed by atoms with van der Waals surface area (Å²) >= 11 is 0. The van der Waals surface area contributed by atoms with Gasteiger partial charge in [-0.05, 0) is 49.4 Å². The van der Waals surface area contributed by atoms with Crippen LogP contribution in [0.25, 0.3) is 22.0 Å². The van der Waals surface area contributed by atoms with E-state index in [9.17, 15) is 13.2 Å². The van der Waals surface area contributed by atoms with Crippen molar-refractivity contribution < 1.29 is 8.42 Å². The predicted molar refractivity (Wildman–Crippen MR) is 118 cm³/mol. The van der Waals surface area contributed by atoms with E-state index in [1.807, 2.05) is 18.5 Å². The van der Waals surface area contributed by atoms with Gasteiger partial charge in [0, 0.05) is 66.5 Å². The highest BCUT2D eigenvalue weighted by molar-refractivity contribution is 7.90. The lowest BCUT2D eigenvalue weighted by Gasteiger charge is -2.38. The van der Waals surface area contributed by atoms with E-state index in [1.165, 1.54) is 6.26 Å².